The van der Waals surface area contributed by atoms with E-state index >= 15 is 0 Å². The fourth-order valence-corrected chi connectivity index (χ4v) is 1.57. The molecule has 1 aromatic carbocycles. The smallest absolute Gasteiger partial charge is 0.0582 e. The highest BCUT2D eigenvalue weighted by Crippen LogP contribution is 2.18. The van der Waals surface area contributed by atoms with E-state index in [0.717, 1.165) is 11.1 Å². The van der Waals surface area contributed by atoms with E-state index < -0.39 is 0 Å². The van der Waals surface area contributed by atoms with E-state index in [1.54, 1.807) is 4.68 Å². The van der Waals surface area contributed by atoms with Crippen molar-refractivity contribution < 1.29 is 0 Å². The first-order chi connectivity index (χ1) is 7.16. The van der Waals surface area contributed by atoms with Gasteiger partial charge in [-0.25, -0.2) is 0 Å². The first kappa shape index (κ1) is 9.93. The monoisotopic (exact) mass is 201 g/mol. The quantitative estimate of drug-likeness (QED) is 0.804. The molecular formula is C12H15N3. The number of benzene rings is 1. The van der Waals surface area contributed by atoms with Crippen LogP contribution in [-0.4, -0.2) is 9.78 Å². The second kappa shape index (κ2) is 3.87. The van der Waals surface area contributed by atoms with E-state index in [0.29, 0.717) is 0 Å². The van der Waals surface area contributed by atoms with Crippen molar-refractivity contribution in [2.75, 3.05) is 0 Å². The Balaban J connectivity index is 2.28. The molecule has 15 heavy (non-hydrogen) atoms. The highest BCUT2D eigenvalue weighted by Gasteiger charge is 2.09. The van der Waals surface area contributed by atoms with Crippen molar-refractivity contribution in [1.29, 1.82) is 0 Å². The fourth-order valence-electron chi connectivity index (χ4n) is 1.57. The number of hydrogen-bond acceptors (Lipinski definition) is 2. The van der Waals surface area contributed by atoms with Crippen LogP contribution in [0.1, 0.15) is 22.7 Å². The van der Waals surface area contributed by atoms with Crippen molar-refractivity contribution in [3.8, 4) is 0 Å². The summed E-state index contributed by atoms with van der Waals surface area (Å²) in [7, 11) is 1.89. The molecule has 0 spiro atoms. The van der Waals surface area contributed by atoms with Gasteiger partial charge in [-0.2, -0.15) is 5.10 Å². The molecule has 0 saturated heterocycles. The predicted octanol–water partition coefficient (Wildman–Crippen LogP) is 1.78. The molecule has 0 amide bonds. The minimum atomic E-state index is -0.0840. The molecule has 1 unspecified atom stereocenters. The molecule has 0 fully saturated rings. The molecule has 0 aliphatic carbocycles. The average molecular weight is 201 g/mol. The van der Waals surface area contributed by atoms with Crippen molar-refractivity contribution in [3.05, 3.63) is 53.3 Å². The maximum atomic E-state index is 6.13. The molecule has 0 aliphatic rings. The molecule has 0 radical (unpaired) electrons. The van der Waals surface area contributed by atoms with Crippen molar-refractivity contribution in [2.24, 2.45) is 12.8 Å². The Labute approximate surface area is 89.5 Å². The SMILES string of the molecule is Cc1ccc(C(N)c2cnn(C)c2)cc1. The summed E-state index contributed by atoms with van der Waals surface area (Å²) in [5.41, 5.74) is 9.54. The Morgan fingerprint density at radius 1 is 1.20 bits per heavy atom. The van der Waals surface area contributed by atoms with Gasteiger partial charge in [-0.1, -0.05) is 29.8 Å². The minimum Gasteiger partial charge on any atom is -0.320 e. The van der Waals surface area contributed by atoms with Crippen molar-refractivity contribution in [2.45, 2.75) is 13.0 Å². The lowest BCUT2D eigenvalue weighted by molar-refractivity contribution is 0.765. The summed E-state index contributed by atoms with van der Waals surface area (Å²) in [6.45, 7) is 2.07. The number of aromatic nitrogens is 2. The van der Waals surface area contributed by atoms with E-state index in [9.17, 15) is 0 Å². The summed E-state index contributed by atoms with van der Waals surface area (Å²) in [5, 5.41) is 4.12. The van der Waals surface area contributed by atoms with Crippen LogP contribution >= 0.6 is 0 Å². The Bertz CT molecular complexity index is 442. The van der Waals surface area contributed by atoms with E-state index in [1.165, 1.54) is 5.56 Å². The molecular weight excluding hydrogens is 186 g/mol. The third kappa shape index (κ3) is 2.07. The zero-order chi connectivity index (χ0) is 10.8. The van der Waals surface area contributed by atoms with Gasteiger partial charge < -0.3 is 5.73 Å². The molecule has 0 saturated carbocycles. The zero-order valence-corrected chi connectivity index (χ0v) is 9.01. The first-order valence-corrected chi connectivity index (χ1v) is 4.97. The van der Waals surface area contributed by atoms with Gasteiger partial charge in [0.15, 0.2) is 0 Å². The van der Waals surface area contributed by atoms with E-state index in [4.69, 9.17) is 5.73 Å². The highest BCUT2D eigenvalue weighted by molar-refractivity contribution is 5.30. The molecule has 2 N–H and O–H groups in total. The van der Waals surface area contributed by atoms with Gasteiger partial charge in [0.1, 0.15) is 0 Å². The second-order valence-corrected chi connectivity index (χ2v) is 3.84. The predicted molar refractivity (Wildman–Crippen MR) is 60.4 cm³/mol. The van der Waals surface area contributed by atoms with Crippen LogP contribution in [0.5, 0.6) is 0 Å². The van der Waals surface area contributed by atoms with Gasteiger partial charge in [0, 0.05) is 18.8 Å². The Morgan fingerprint density at radius 2 is 1.87 bits per heavy atom. The van der Waals surface area contributed by atoms with Crippen LogP contribution in [0, 0.1) is 6.92 Å². The molecule has 78 valence electrons. The lowest BCUT2D eigenvalue weighted by atomic mass is 10.0. The highest BCUT2D eigenvalue weighted by atomic mass is 15.2. The first-order valence-electron chi connectivity index (χ1n) is 4.97. The number of aryl methyl sites for hydroxylation is 2. The average Bonchev–Trinajstić information content (AvgIpc) is 2.65. The normalized spacial score (nSPS) is 12.7. The molecule has 3 heteroatoms. The Kier molecular flexibility index (Phi) is 2.56. The molecule has 0 bridgehead atoms. The van der Waals surface area contributed by atoms with Crippen LogP contribution < -0.4 is 5.73 Å². The summed E-state index contributed by atoms with van der Waals surface area (Å²) in [6.07, 6.45) is 3.76. The third-order valence-corrected chi connectivity index (χ3v) is 2.52. The Hall–Kier alpha value is -1.61. The summed E-state index contributed by atoms with van der Waals surface area (Å²) < 4.78 is 1.77. The van der Waals surface area contributed by atoms with Crippen molar-refractivity contribution in [1.82, 2.24) is 9.78 Å². The maximum Gasteiger partial charge on any atom is 0.0582 e. The lowest BCUT2D eigenvalue weighted by Crippen LogP contribution is -2.10. The van der Waals surface area contributed by atoms with Gasteiger partial charge in [0.2, 0.25) is 0 Å². The molecule has 0 aliphatic heterocycles. The second-order valence-electron chi connectivity index (χ2n) is 3.84. The summed E-state index contributed by atoms with van der Waals surface area (Å²) >= 11 is 0. The number of nitrogens with zero attached hydrogens (tertiary/aromatic N) is 2. The fraction of sp³-hybridized carbons (Fsp3) is 0.250. The molecule has 3 nitrogen and oxygen atoms in total. The number of hydrogen-bond donors (Lipinski definition) is 1. The minimum absolute atomic E-state index is 0.0840. The van der Waals surface area contributed by atoms with Crippen LogP contribution in [-0.2, 0) is 7.05 Å². The largest absolute Gasteiger partial charge is 0.320 e. The van der Waals surface area contributed by atoms with Crippen molar-refractivity contribution >= 4 is 0 Å². The topological polar surface area (TPSA) is 43.8 Å². The van der Waals surface area contributed by atoms with Gasteiger partial charge in [-0.05, 0) is 12.5 Å². The van der Waals surface area contributed by atoms with Crippen LogP contribution in [0.25, 0.3) is 0 Å². The van der Waals surface area contributed by atoms with E-state index in [2.05, 4.69) is 36.3 Å². The summed E-state index contributed by atoms with van der Waals surface area (Å²) in [5.74, 6) is 0. The van der Waals surface area contributed by atoms with Crippen molar-refractivity contribution in [3.63, 3.8) is 0 Å². The third-order valence-electron chi connectivity index (χ3n) is 2.52. The number of nitrogens with two attached hydrogens (primary N) is 1. The molecule has 2 rings (SSSR count). The van der Waals surface area contributed by atoms with Gasteiger partial charge in [0.25, 0.3) is 0 Å². The summed E-state index contributed by atoms with van der Waals surface area (Å²) in [4.78, 5) is 0. The van der Waals surface area contributed by atoms with Crippen LogP contribution in [0.4, 0.5) is 0 Å². The standard InChI is InChI=1S/C12H15N3/c1-9-3-5-10(6-4-9)12(13)11-7-14-15(2)8-11/h3-8,12H,13H2,1-2H3. The van der Waals surface area contributed by atoms with Gasteiger partial charge >= 0.3 is 0 Å². The van der Waals surface area contributed by atoms with E-state index in [1.807, 2.05) is 19.4 Å². The summed E-state index contributed by atoms with van der Waals surface area (Å²) in [6, 6.07) is 8.19. The van der Waals surface area contributed by atoms with Crippen LogP contribution in [0.2, 0.25) is 0 Å². The molecule has 1 heterocycles. The zero-order valence-electron chi connectivity index (χ0n) is 9.01. The molecule has 2 aromatic rings. The maximum absolute atomic E-state index is 6.13. The van der Waals surface area contributed by atoms with Crippen LogP contribution in [0.3, 0.4) is 0 Å². The van der Waals surface area contributed by atoms with Crippen LogP contribution in [0.15, 0.2) is 36.7 Å². The van der Waals surface area contributed by atoms with Gasteiger partial charge in [-0.3, -0.25) is 4.68 Å². The lowest BCUT2D eigenvalue weighted by Gasteiger charge is -2.09. The Morgan fingerprint density at radius 3 is 2.40 bits per heavy atom. The number of rotatable bonds is 2. The van der Waals surface area contributed by atoms with Gasteiger partial charge in [0.05, 0.1) is 12.2 Å². The molecule has 1 aromatic heterocycles. The van der Waals surface area contributed by atoms with Gasteiger partial charge in [-0.15, -0.1) is 0 Å². The van der Waals surface area contributed by atoms with E-state index in [-0.39, 0.29) is 6.04 Å². The molecule has 1 atom stereocenters.